The molecule has 2 aliphatic carbocycles. The van der Waals surface area contributed by atoms with Crippen LogP contribution >= 0.6 is 0 Å². The number of terminal acetylenes is 1. The quantitative estimate of drug-likeness (QED) is 0.171. The summed E-state index contributed by atoms with van der Waals surface area (Å²) in [5.41, 5.74) is 10.3. The van der Waals surface area contributed by atoms with Crippen LogP contribution in [0.15, 0.2) is 76.4 Å². The molecule has 1 saturated heterocycles. The zero-order valence-electron chi connectivity index (χ0n) is 27.2. The highest BCUT2D eigenvalue weighted by molar-refractivity contribution is 5.73. The SMILES string of the molecule is C#CC(/C(C)=C\C(=C/C)C1=C(C)C(CC)CC=C1C)/C(=C\C)c1ccc(C2OC2C)cc1.CCC1CCC(F)(F)CC1. The van der Waals surface area contributed by atoms with E-state index in [0.717, 1.165) is 25.7 Å². The van der Waals surface area contributed by atoms with E-state index in [9.17, 15) is 8.78 Å². The number of halogens is 2. The first-order valence-electron chi connectivity index (χ1n) is 16.0. The van der Waals surface area contributed by atoms with Crippen LogP contribution in [0.25, 0.3) is 5.57 Å². The molecule has 3 heteroatoms. The fourth-order valence-corrected chi connectivity index (χ4v) is 6.55. The maximum absolute atomic E-state index is 12.5. The maximum Gasteiger partial charge on any atom is 0.248 e. The Morgan fingerprint density at radius 2 is 1.69 bits per heavy atom. The molecule has 1 nitrogen and oxygen atoms in total. The number of benzene rings is 1. The third kappa shape index (κ3) is 8.44. The molecule has 0 spiro atoms. The molecule has 1 aromatic rings. The van der Waals surface area contributed by atoms with Gasteiger partial charge in [0.05, 0.1) is 12.0 Å². The Balaban J connectivity index is 0.000000408. The molecule has 1 aromatic carbocycles. The molecule has 1 heterocycles. The van der Waals surface area contributed by atoms with E-state index < -0.39 is 5.92 Å². The molecular formula is C39H52F2O. The minimum Gasteiger partial charge on any atom is -0.365 e. The van der Waals surface area contributed by atoms with Crippen LogP contribution in [0.5, 0.6) is 0 Å². The summed E-state index contributed by atoms with van der Waals surface area (Å²) in [6.45, 7) is 17.4. The second-order valence-corrected chi connectivity index (χ2v) is 12.4. The second kappa shape index (κ2) is 15.2. The highest BCUT2D eigenvalue weighted by Gasteiger charge is 2.35. The van der Waals surface area contributed by atoms with Gasteiger partial charge in [0.2, 0.25) is 5.92 Å². The van der Waals surface area contributed by atoms with Gasteiger partial charge in [-0.15, -0.1) is 6.42 Å². The number of hydrogen-bond donors (Lipinski definition) is 0. The van der Waals surface area contributed by atoms with Gasteiger partial charge in [0.25, 0.3) is 0 Å². The number of epoxide rings is 1. The predicted molar refractivity (Wildman–Crippen MR) is 175 cm³/mol. The summed E-state index contributed by atoms with van der Waals surface area (Å²) in [4.78, 5) is 0. The summed E-state index contributed by atoms with van der Waals surface area (Å²) < 4.78 is 30.6. The van der Waals surface area contributed by atoms with Gasteiger partial charge in [-0.05, 0) is 112 Å². The zero-order chi connectivity index (χ0) is 31.0. The molecular weight excluding hydrogens is 522 g/mol. The van der Waals surface area contributed by atoms with Crippen LogP contribution in [-0.2, 0) is 4.74 Å². The van der Waals surface area contributed by atoms with Crippen LogP contribution in [0.2, 0.25) is 0 Å². The summed E-state index contributed by atoms with van der Waals surface area (Å²) >= 11 is 0. The molecule has 4 rings (SSSR count). The summed E-state index contributed by atoms with van der Waals surface area (Å²) in [5, 5.41) is 0. The molecule has 0 N–H and O–H groups in total. The fraction of sp³-hybridized carbons (Fsp3) is 0.538. The maximum atomic E-state index is 12.5. The van der Waals surface area contributed by atoms with Crippen molar-refractivity contribution < 1.29 is 13.5 Å². The van der Waals surface area contributed by atoms with E-state index in [0.29, 0.717) is 17.9 Å². The average Bonchev–Trinajstić information content (AvgIpc) is 3.72. The summed E-state index contributed by atoms with van der Waals surface area (Å²) in [7, 11) is 0. The zero-order valence-corrected chi connectivity index (χ0v) is 27.2. The summed E-state index contributed by atoms with van der Waals surface area (Å²) in [5.74, 6) is 1.86. The van der Waals surface area contributed by atoms with Crippen molar-refractivity contribution in [2.75, 3.05) is 0 Å². The molecule has 4 atom stereocenters. The minimum atomic E-state index is -2.34. The van der Waals surface area contributed by atoms with Crippen LogP contribution in [0.4, 0.5) is 8.78 Å². The van der Waals surface area contributed by atoms with Crippen molar-refractivity contribution in [2.45, 2.75) is 118 Å². The van der Waals surface area contributed by atoms with Gasteiger partial charge in [0.1, 0.15) is 6.10 Å². The van der Waals surface area contributed by atoms with Gasteiger partial charge in [-0.2, -0.15) is 0 Å². The Hall–Kier alpha value is -2.70. The van der Waals surface area contributed by atoms with Crippen LogP contribution in [0.1, 0.15) is 118 Å². The topological polar surface area (TPSA) is 12.5 Å². The van der Waals surface area contributed by atoms with E-state index in [1.54, 1.807) is 0 Å². The van der Waals surface area contributed by atoms with E-state index in [1.165, 1.54) is 51.0 Å². The third-order valence-corrected chi connectivity index (χ3v) is 9.53. The summed E-state index contributed by atoms with van der Waals surface area (Å²) in [6, 6.07) is 8.71. The van der Waals surface area contributed by atoms with Crippen molar-refractivity contribution in [3.05, 3.63) is 87.6 Å². The lowest BCUT2D eigenvalue weighted by molar-refractivity contribution is -0.0460. The first-order valence-corrected chi connectivity index (χ1v) is 16.0. The standard InChI is InChI=1S/C31H38O.C8H14F2/c1-9-24-14-13-20(5)30(22(24)7)25(10-2)19-21(6)28(11-3)29(12-4)26-15-17-27(18-16-26)31-23(8)32-31;1-2-7-3-5-8(9,10)6-4-7/h3,10,12-13,15-19,23-24,28,31H,9,14H2,1-2,4-8H3;7H,2-6H2,1H3/b21-19-,25-10+,29-12-;. The van der Waals surface area contributed by atoms with Crippen molar-refractivity contribution in [3.63, 3.8) is 0 Å². The first kappa shape index (κ1) is 33.8. The van der Waals surface area contributed by atoms with Gasteiger partial charge >= 0.3 is 0 Å². The van der Waals surface area contributed by atoms with Gasteiger partial charge in [0, 0.05) is 12.8 Å². The van der Waals surface area contributed by atoms with Crippen molar-refractivity contribution in [1.82, 2.24) is 0 Å². The highest BCUT2D eigenvalue weighted by atomic mass is 19.3. The largest absolute Gasteiger partial charge is 0.365 e. The molecule has 1 aliphatic heterocycles. The van der Waals surface area contributed by atoms with E-state index in [1.807, 2.05) is 0 Å². The number of alkyl halides is 2. The van der Waals surface area contributed by atoms with Crippen molar-refractivity contribution in [1.29, 1.82) is 0 Å². The van der Waals surface area contributed by atoms with E-state index in [-0.39, 0.29) is 24.9 Å². The van der Waals surface area contributed by atoms with Crippen molar-refractivity contribution >= 4 is 5.57 Å². The Morgan fingerprint density at radius 3 is 2.17 bits per heavy atom. The Bertz CT molecular complexity index is 1250. The van der Waals surface area contributed by atoms with Gasteiger partial charge in [-0.3, -0.25) is 0 Å². The lowest BCUT2D eigenvalue weighted by Crippen LogP contribution is -2.24. The monoisotopic (exact) mass is 574 g/mol. The van der Waals surface area contributed by atoms with Crippen LogP contribution in [-0.4, -0.2) is 12.0 Å². The lowest BCUT2D eigenvalue weighted by atomic mass is 9.78. The fourth-order valence-electron chi connectivity index (χ4n) is 6.55. The van der Waals surface area contributed by atoms with Gasteiger partial charge in [0.15, 0.2) is 0 Å². The molecule has 1 saturated carbocycles. The Labute approximate surface area is 254 Å². The average molecular weight is 575 g/mol. The van der Waals surface area contributed by atoms with E-state index >= 15 is 0 Å². The molecule has 4 unspecified atom stereocenters. The number of rotatable bonds is 8. The summed E-state index contributed by atoms with van der Waals surface area (Å²) in [6.07, 6.45) is 20.8. The Kier molecular flexibility index (Phi) is 12.2. The first-order chi connectivity index (χ1) is 20.0. The molecule has 2 fully saturated rings. The van der Waals surface area contributed by atoms with Crippen LogP contribution in [0, 0.1) is 30.1 Å². The third-order valence-electron chi connectivity index (χ3n) is 9.53. The van der Waals surface area contributed by atoms with Gasteiger partial charge < -0.3 is 4.74 Å². The minimum absolute atomic E-state index is 0.0624. The molecule has 42 heavy (non-hydrogen) atoms. The van der Waals surface area contributed by atoms with Crippen molar-refractivity contribution in [3.8, 4) is 12.3 Å². The van der Waals surface area contributed by atoms with Crippen LogP contribution < -0.4 is 0 Å². The second-order valence-electron chi connectivity index (χ2n) is 12.4. The lowest BCUT2D eigenvalue weighted by Gasteiger charge is -2.27. The smallest absolute Gasteiger partial charge is 0.248 e. The van der Waals surface area contributed by atoms with Crippen LogP contribution in [0.3, 0.4) is 0 Å². The predicted octanol–water partition coefficient (Wildman–Crippen LogP) is 11.6. The van der Waals surface area contributed by atoms with Gasteiger partial charge in [-0.25, -0.2) is 8.78 Å². The number of allylic oxidation sites excluding steroid dienone is 10. The normalized spacial score (nSPS) is 25.7. The highest BCUT2D eigenvalue weighted by Crippen LogP contribution is 2.40. The number of ether oxygens (including phenoxy) is 1. The molecule has 228 valence electrons. The molecule has 0 radical (unpaired) electrons. The van der Waals surface area contributed by atoms with E-state index in [2.05, 4.69) is 110 Å². The van der Waals surface area contributed by atoms with Crippen molar-refractivity contribution in [2.24, 2.45) is 17.8 Å². The number of hydrogen-bond acceptors (Lipinski definition) is 1. The molecule has 0 aromatic heterocycles. The molecule has 0 amide bonds. The van der Waals surface area contributed by atoms with Gasteiger partial charge in [-0.1, -0.05) is 85.9 Å². The molecule has 3 aliphatic rings. The Morgan fingerprint density at radius 1 is 1.07 bits per heavy atom. The van der Waals surface area contributed by atoms with E-state index in [4.69, 9.17) is 11.2 Å². The molecule has 0 bridgehead atoms.